The summed E-state index contributed by atoms with van der Waals surface area (Å²) in [4.78, 5) is 0. The van der Waals surface area contributed by atoms with E-state index in [4.69, 9.17) is 0 Å². The van der Waals surface area contributed by atoms with Crippen molar-refractivity contribution in [3.05, 3.63) is 24.3 Å². The van der Waals surface area contributed by atoms with Crippen LogP contribution in [0.5, 0.6) is 0 Å². The summed E-state index contributed by atoms with van der Waals surface area (Å²) in [5, 5.41) is 0. The Kier molecular flexibility index (Phi) is 133. The van der Waals surface area contributed by atoms with Crippen LogP contribution in [0, 0.1) is 0 Å². The summed E-state index contributed by atoms with van der Waals surface area (Å²) in [6, 6.07) is 0. The van der Waals surface area contributed by atoms with Crippen molar-refractivity contribution in [2.45, 2.75) is 26.7 Å². The van der Waals surface area contributed by atoms with Gasteiger partial charge in [-0.15, -0.1) is 0 Å². The maximum atomic E-state index is 2.18. The Morgan fingerprint density at radius 3 is 0.923 bits per heavy atom. The number of hydrogen-bond acceptors (Lipinski definition) is 0. The number of allylic oxidation sites excluding steroid dienone is 4. The highest BCUT2D eigenvalue weighted by Crippen LogP contribution is 1.98. The molecule has 0 saturated carbocycles. The lowest BCUT2D eigenvalue weighted by Crippen LogP contribution is -1.67. The molecular formula is C8H19F5. The number of rotatable bonds is 0. The molecule has 1 rings (SSSR count). The summed E-state index contributed by atoms with van der Waals surface area (Å²) in [7, 11) is 0. The fourth-order valence-corrected chi connectivity index (χ4v) is 0.542. The molecule has 0 aromatic carbocycles. The predicted octanol–water partition coefficient (Wildman–Crippen LogP) is 3.68. The standard InChI is InChI=1S/C6H8.C2H6.5FH/c1-2-4-6-5-3-1;1-2;;;;;/h1-4H,5-6H2;1-2H3;5*1H. The molecule has 0 bridgehead atoms. The smallest absolute Gasteiger partial charge is 0.0313 e. The summed E-state index contributed by atoms with van der Waals surface area (Å²) >= 11 is 0. The molecule has 0 radical (unpaired) electrons. The Morgan fingerprint density at radius 2 is 0.846 bits per heavy atom. The van der Waals surface area contributed by atoms with Gasteiger partial charge in [-0.1, -0.05) is 38.2 Å². The van der Waals surface area contributed by atoms with Gasteiger partial charge in [0.25, 0.3) is 0 Å². The molecule has 13 heavy (non-hydrogen) atoms. The van der Waals surface area contributed by atoms with Gasteiger partial charge in [-0.05, 0) is 12.8 Å². The van der Waals surface area contributed by atoms with E-state index in [1.165, 1.54) is 12.8 Å². The average molecular weight is 210 g/mol. The van der Waals surface area contributed by atoms with Gasteiger partial charge in [-0.3, -0.25) is 23.5 Å². The van der Waals surface area contributed by atoms with Crippen LogP contribution < -0.4 is 0 Å². The van der Waals surface area contributed by atoms with Crippen LogP contribution in [-0.2, 0) is 0 Å². The second kappa shape index (κ2) is 43.4. The van der Waals surface area contributed by atoms with Gasteiger partial charge in [0.15, 0.2) is 0 Å². The summed E-state index contributed by atoms with van der Waals surface area (Å²) in [6.45, 7) is 4.00. The molecule has 1 aliphatic carbocycles. The molecule has 1 aliphatic rings. The van der Waals surface area contributed by atoms with Gasteiger partial charge in [0, 0.05) is 0 Å². The van der Waals surface area contributed by atoms with Crippen LogP contribution in [0.25, 0.3) is 0 Å². The Balaban J connectivity index is -0.0000000166. The third-order valence-corrected chi connectivity index (χ3v) is 0.883. The van der Waals surface area contributed by atoms with E-state index in [-0.39, 0.29) is 23.5 Å². The molecule has 5 heteroatoms. The molecule has 0 heterocycles. The highest BCUT2D eigenvalue weighted by Gasteiger charge is 1.77. The quantitative estimate of drug-likeness (QED) is 0.535. The minimum Gasteiger partial charge on any atom is -0.269 e. The van der Waals surface area contributed by atoms with Crippen molar-refractivity contribution >= 4 is 0 Å². The van der Waals surface area contributed by atoms with E-state index in [0.29, 0.717) is 0 Å². The van der Waals surface area contributed by atoms with Crippen molar-refractivity contribution in [1.82, 2.24) is 0 Å². The van der Waals surface area contributed by atoms with Gasteiger partial charge in [0.05, 0.1) is 0 Å². The molecule has 0 fully saturated rings. The van der Waals surface area contributed by atoms with Crippen molar-refractivity contribution in [3.63, 3.8) is 0 Å². The van der Waals surface area contributed by atoms with Crippen LogP contribution in [-0.4, -0.2) is 0 Å². The van der Waals surface area contributed by atoms with Crippen LogP contribution in [0.2, 0.25) is 0 Å². The molecule has 0 nitrogen and oxygen atoms in total. The van der Waals surface area contributed by atoms with Crippen LogP contribution in [0.4, 0.5) is 23.5 Å². The molecule has 0 saturated heterocycles. The molecule has 0 spiro atoms. The van der Waals surface area contributed by atoms with Gasteiger partial charge >= 0.3 is 0 Å². The normalized spacial score (nSPS) is 9.08. The molecule has 0 aliphatic heterocycles. The third-order valence-electron chi connectivity index (χ3n) is 0.883. The minimum absolute atomic E-state index is 0. The van der Waals surface area contributed by atoms with E-state index in [0.717, 1.165) is 0 Å². The van der Waals surface area contributed by atoms with Gasteiger partial charge in [0.2, 0.25) is 0 Å². The first kappa shape index (κ1) is 40.0. The van der Waals surface area contributed by atoms with Crippen molar-refractivity contribution in [3.8, 4) is 0 Å². The zero-order valence-electron chi connectivity index (χ0n) is 7.76. The van der Waals surface area contributed by atoms with E-state index in [9.17, 15) is 0 Å². The van der Waals surface area contributed by atoms with Gasteiger partial charge in [-0.25, -0.2) is 0 Å². The monoisotopic (exact) mass is 210 g/mol. The second-order valence-electron chi connectivity index (χ2n) is 1.43. The van der Waals surface area contributed by atoms with E-state index in [1.54, 1.807) is 0 Å². The predicted molar refractivity (Wildman–Crippen MR) is 51.4 cm³/mol. The fraction of sp³-hybridized carbons (Fsp3) is 0.500. The molecule has 0 N–H and O–H groups in total. The Hall–Kier alpha value is -0.870. The summed E-state index contributed by atoms with van der Waals surface area (Å²) < 4.78 is 0. The van der Waals surface area contributed by atoms with E-state index >= 15 is 0 Å². The maximum Gasteiger partial charge on any atom is -0.0313 e. The van der Waals surface area contributed by atoms with Crippen molar-refractivity contribution in [2.75, 3.05) is 0 Å². The van der Waals surface area contributed by atoms with Gasteiger partial charge < -0.3 is 0 Å². The Labute approximate surface area is 75.6 Å². The van der Waals surface area contributed by atoms with E-state index in [1.807, 2.05) is 13.8 Å². The summed E-state index contributed by atoms with van der Waals surface area (Å²) in [5.74, 6) is 0. The topological polar surface area (TPSA) is 0 Å². The lowest BCUT2D eigenvalue weighted by molar-refractivity contribution is 1.04. The second-order valence-corrected chi connectivity index (χ2v) is 1.43. The molecular weight excluding hydrogens is 191 g/mol. The fourth-order valence-electron chi connectivity index (χ4n) is 0.542. The first-order valence-corrected chi connectivity index (χ1v) is 3.32. The van der Waals surface area contributed by atoms with E-state index < -0.39 is 0 Å². The largest absolute Gasteiger partial charge is 0.269 e. The third kappa shape index (κ3) is 35.3. The Morgan fingerprint density at radius 1 is 0.615 bits per heavy atom. The highest BCUT2D eigenvalue weighted by atomic mass is 19.0. The number of halogens is 5. The molecule has 0 aromatic heterocycles. The average Bonchev–Trinajstić information content (AvgIpc) is 1.96. The summed E-state index contributed by atoms with van der Waals surface area (Å²) in [5.41, 5.74) is 0. The number of hydrogen-bond donors (Lipinski definition) is 0. The van der Waals surface area contributed by atoms with Crippen molar-refractivity contribution in [1.29, 1.82) is 0 Å². The van der Waals surface area contributed by atoms with Crippen LogP contribution >= 0.6 is 0 Å². The zero-order chi connectivity index (χ0) is 6.24. The minimum atomic E-state index is 0. The van der Waals surface area contributed by atoms with Crippen LogP contribution in [0.1, 0.15) is 26.7 Å². The van der Waals surface area contributed by atoms with Gasteiger partial charge in [0.1, 0.15) is 0 Å². The van der Waals surface area contributed by atoms with Crippen LogP contribution in [0.3, 0.4) is 0 Å². The van der Waals surface area contributed by atoms with Gasteiger partial charge in [-0.2, -0.15) is 0 Å². The molecule has 0 unspecified atom stereocenters. The first-order valence-electron chi connectivity index (χ1n) is 3.32. The van der Waals surface area contributed by atoms with Crippen molar-refractivity contribution in [2.24, 2.45) is 0 Å². The molecule has 0 aromatic rings. The molecule has 86 valence electrons. The highest BCUT2D eigenvalue weighted by molar-refractivity contribution is 5.07. The van der Waals surface area contributed by atoms with Crippen LogP contribution in [0.15, 0.2) is 24.3 Å². The zero-order valence-corrected chi connectivity index (χ0v) is 7.76. The van der Waals surface area contributed by atoms with Crippen molar-refractivity contribution < 1.29 is 23.5 Å². The SMILES string of the molecule is C1=CCCC=C1.CC.F.F.F.F.F. The summed E-state index contributed by atoms with van der Waals surface area (Å²) in [6.07, 6.45) is 11.0. The first-order chi connectivity index (χ1) is 4.00. The maximum absolute atomic E-state index is 2.18. The lowest BCUT2D eigenvalue weighted by Gasteiger charge is -1.88. The van der Waals surface area contributed by atoms with E-state index in [2.05, 4.69) is 24.3 Å². The molecule has 0 amide bonds. The Bertz CT molecular complexity index is 78.5. The molecule has 0 atom stereocenters. The lowest BCUT2D eigenvalue weighted by atomic mass is 10.2.